The second kappa shape index (κ2) is 9.41. The Morgan fingerprint density at radius 1 is 1.35 bits per heavy atom. The number of nitrogens with one attached hydrogen (secondary N) is 1. The van der Waals surface area contributed by atoms with E-state index in [1.165, 1.54) is 6.07 Å². The van der Waals surface area contributed by atoms with Gasteiger partial charge in [-0.15, -0.1) is 0 Å². The number of rotatable bonds is 6. The summed E-state index contributed by atoms with van der Waals surface area (Å²) in [6.07, 6.45) is 5.86. The molecule has 2 heterocycles. The number of hydrogen-bond acceptors (Lipinski definition) is 5. The molecule has 0 bridgehead atoms. The Hall–Kier alpha value is -2.87. The third kappa shape index (κ3) is 4.43. The second-order valence-electron chi connectivity index (χ2n) is 9.53. The average Bonchev–Trinajstić information content (AvgIpc) is 3.33. The van der Waals surface area contributed by atoms with Crippen LogP contribution in [0.15, 0.2) is 18.5 Å². The molecule has 0 radical (unpaired) electrons. The average molecular weight is 488 g/mol. The molecule has 7 nitrogen and oxygen atoms in total. The minimum atomic E-state index is -0.783. The first-order valence-electron chi connectivity index (χ1n) is 11.7. The summed E-state index contributed by atoms with van der Waals surface area (Å²) in [5, 5.41) is 2.85. The van der Waals surface area contributed by atoms with Crippen molar-refractivity contribution < 1.29 is 13.9 Å². The Kier molecular flexibility index (Phi) is 6.71. The Bertz CT molecular complexity index is 1240. The van der Waals surface area contributed by atoms with Crippen molar-refractivity contribution in [2.75, 3.05) is 5.73 Å². The molecule has 1 aromatic carbocycles. The van der Waals surface area contributed by atoms with Crippen LogP contribution in [0, 0.1) is 18.7 Å². The number of nitrogens with zero attached hydrogens (tertiary/aromatic N) is 3. The van der Waals surface area contributed by atoms with Crippen LogP contribution >= 0.6 is 11.6 Å². The van der Waals surface area contributed by atoms with Crippen molar-refractivity contribution in [1.29, 1.82) is 0 Å². The number of halogens is 2. The SMILES string of the molecule is Cc1nc(C(C)c2cc(Cl)c(F)c(C(=O)NC3CCC(C)C3)c2OC(C)C)n2ccnc(N)c12. The number of benzene rings is 1. The van der Waals surface area contributed by atoms with Crippen molar-refractivity contribution in [3.8, 4) is 5.75 Å². The summed E-state index contributed by atoms with van der Waals surface area (Å²) in [5.74, 6) is 0.0596. The van der Waals surface area contributed by atoms with Crippen LogP contribution in [-0.4, -0.2) is 32.4 Å². The number of carbonyl (C=O) groups is 1. The lowest BCUT2D eigenvalue weighted by Crippen LogP contribution is -2.34. The fourth-order valence-electron chi connectivity index (χ4n) is 4.82. The highest BCUT2D eigenvalue weighted by Gasteiger charge is 2.32. The summed E-state index contributed by atoms with van der Waals surface area (Å²) in [7, 11) is 0. The highest BCUT2D eigenvalue weighted by molar-refractivity contribution is 6.31. The van der Waals surface area contributed by atoms with Crippen molar-refractivity contribution in [3.63, 3.8) is 0 Å². The summed E-state index contributed by atoms with van der Waals surface area (Å²) < 4.78 is 23.3. The van der Waals surface area contributed by atoms with Crippen molar-refractivity contribution >= 4 is 28.8 Å². The van der Waals surface area contributed by atoms with Gasteiger partial charge in [-0.1, -0.05) is 25.4 Å². The van der Waals surface area contributed by atoms with Gasteiger partial charge in [0.05, 0.1) is 16.8 Å². The maximum absolute atomic E-state index is 15.4. The van der Waals surface area contributed by atoms with E-state index in [0.717, 1.165) is 25.0 Å². The van der Waals surface area contributed by atoms with Crippen LogP contribution in [0.1, 0.15) is 80.3 Å². The molecular formula is C25H31ClFN5O2. The Balaban J connectivity index is 1.84. The van der Waals surface area contributed by atoms with E-state index >= 15 is 4.39 Å². The molecule has 1 fully saturated rings. The van der Waals surface area contributed by atoms with Crippen LogP contribution in [0.4, 0.5) is 10.2 Å². The van der Waals surface area contributed by atoms with Gasteiger partial charge in [-0.25, -0.2) is 14.4 Å². The first-order chi connectivity index (χ1) is 16.1. The van der Waals surface area contributed by atoms with Gasteiger partial charge in [0, 0.05) is 29.9 Å². The molecule has 34 heavy (non-hydrogen) atoms. The number of imidazole rings is 1. The van der Waals surface area contributed by atoms with Crippen LogP contribution < -0.4 is 15.8 Å². The van der Waals surface area contributed by atoms with E-state index in [0.29, 0.717) is 28.6 Å². The number of hydrogen-bond donors (Lipinski definition) is 2. The number of fused-ring (bicyclic) bond motifs is 1. The van der Waals surface area contributed by atoms with Gasteiger partial charge in [0.2, 0.25) is 0 Å². The van der Waals surface area contributed by atoms with Crippen LogP contribution in [0.25, 0.3) is 5.52 Å². The molecule has 1 aliphatic rings. The van der Waals surface area contributed by atoms with Crippen molar-refractivity contribution in [2.45, 2.75) is 71.9 Å². The topological polar surface area (TPSA) is 94.5 Å². The molecule has 3 unspecified atom stereocenters. The lowest BCUT2D eigenvalue weighted by atomic mass is 9.95. The largest absolute Gasteiger partial charge is 0.490 e. The minimum absolute atomic E-state index is 0.00280. The first-order valence-corrected chi connectivity index (χ1v) is 12.0. The van der Waals surface area contributed by atoms with Crippen LogP contribution in [0.3, 0.4) is 0 Å². The maximum Gasteiger partial charge on any atom is 0.258 e. The van der Waals surface area contributed by atoms with E-state index in [1.54, 1.807) is 12.4 Å². The molecular weight excluding hydrogens is 457 g/mol. The smallest absolute Gasteiger partial charge is 0.258 e. The van der Waals surface area contributed by atoms with Crippen LogP contribution in [0.2, 0.25) is 5.02 Å². The number of nitrogen functional groups attached to an aromatic ring is 1. The normalized spacial score (nSPS) is 19.1. The summed E-state index contributed by atoms with van der Waals surface area (Å²) in [6, 6.07) is 1.53. The van der Waals surface area contributed by atoms with Crippen LogP contribution in [-0.2, 0) is 0 Å². The van der Waals surface area contributed by atoms with E-state index < -0.39 is 11.7 Å². The molecule has 4 rings (SSSR count). The quantitative estimate of drug-likeness (QED) is 0.494. The molecule has 1 aliphatic carbocycles. The summed E-state index contributed by atoms with van der Waals surface area (Å²) in [4.78, 5) is 22.2. The lowest BCUT2D eigenvalue weighted by molar-refractivity contribution is 0.0926. The predicted molar refractivity (Wildman–Crippen MR) is 131 cm³/mol. The van der Waals surface area contributed by atoms with Crippen LogP contribution in [0.5, 0.6) is 5.75 Å². The number of nitrogens with two attached hydrogens (primary N) is 1. The van der Waals surface area contributed by atoms with E-state index in [2.05, 4.69) is 17.2 Å². The molecule has 0 saturated heterocycles. The minimum Gasteiger partial charge on any atom is -0.490 e. The van der Waals surface area contributed by atoms with E-state index in [-0.39, 0.29) is 34.4 Å². The molecule has 3 aromatic rings. The molecule has 2 aromatic heterocycles. The van der Waals surface area contributed by atoms with E-state index in [4.69, 9.17) is 27.1 Å². The third-order valence-corrected chi connectivity index (χ3v) is 6.72. The fourth-order valence-corrected chi connectivity index (χ4v) is 5.04. The highest BCUT2D eigenvalue weighted by Crippen LogP contribution is 2.40. The Morgan fingerprint density at radius 3 is 2.74 bits per heavy atom. The van der Waals surface area contributed by atoms with Crippen molar-refractivity contribution in [2.24, 2.45) is 5.92 Å². The number of amides is 1. The van der Waals surface area contributed by atoms with Gasteiger partial charge in [-0.3, -0.25) is 9.20 Å². The molecule has 182 valence electrons. The van der Waals surface area contributed by atoms with E-state index in [9.17, 15) is 4.79 Å². The molecule has 0 aliphatic heterocycles. The molecule has 0 spiro atoms. The van der Waals surface area contributed by atoms with Crippen molar-refractivity contribution in [3.05, 3.63) is 51.9 Å². The molecule has 1 saturated carbocycles. The zero-order valence-corrected chi connectivity index (χ0v) is 20.9. The maximum atomic E-state index is 15.4. The lowest BCUT2D eigenvalue weighted by Gasteiger charge is -2.23. The standard InChI is InChI=1S/C25H31ClFN5O2/c1-12(2)34-22-17(14(4)24-30-15(5)21-23(28)29-8-9-32(21)24)11-18(26)20(27)19(22)25(33)31-16-7-6-13(3)10-16/h8-9,11-14,16H,6-7,10H2,1-5H3,(H2,28,29)(H,31,33). The van der Waals surface area contributed by atoms with Gasteiger partial charge in [-0.05, 0) is 52.0 Å². The number of carbonyl (C=O) groups excluding carboxylic acids is 1. The van der Waals surface area contributed by atoms with Crippen molar-refractivity contribution in [1.82, 2.24) is 19.7 Å². The Labute approximate surface area is 203 Å². The number of anilines is 1. The number of ether oxygens (including phenoxy) is 1. The summed E-state index contributed by atoms with van der Waals surface area (Å²) in [5.41, 5.74) is 7.92. The molecule has 1 amide bonds. The predicted octanol–water partition coefficient (Wildman–Crippen LogP) is 5.27. The fraction of sp³-hybridized carbons (Fsp3) is 0.480. The third-order valence-electron chi connectivity index (χ3n) is 6.45. The Morgan fingerprint density at radius 2 is 2.09 bits per heavy atom. The number of aryl methyl sites for hydroxylation is 1. The molecule has 3 atom stereocenters. The van der Waals surface area contributed by atoms with Gasteiger partial charge in [-0.2, -0.15) is 0 Å². The van der Waals surface area contributed by atoms with Gasteiger partial charge < -0.3 is 15.8 Å². The zero-order valence-electron chi connectivity index (χ0n) is 20.2. The van der Waals surface area contributed by atoms with Gasteiger partial charge in [0.25, 0.3) is 5.91 Å². The van der Waals surface area contributed by atoms with Gasteiger partial charge >= 0.3 is 0 Å². The highest BCUT2D eigenvalue weighted by atomic mass is 35.5. The molecule has 9 heteroatoms. The van der Waals surface area contributed by atoms with Gasteiger partial charge in [0.15, 0.2) is 5.82 Å². The summed E-state index contributed by atoms with van der Waals surface area (Å²) >= 11 is 6.32. The number of aromatic nitrogens is 3. The second-order valence-corrected chi connectivity index (χ2v) is 9.94. The first kappa shape index (κ1) is 24.3. The molecule has 3 N–H and O–H groups in total. The summed E-state index contributed by atoms with van der Waals surface area (Å²) in [6.45, 7) is 9.60. The van der Waals surface area contributed by atoms with Gasteiger partial charge in [0.1, 0.15) is 28.5 Å². The monoisotopic (exact) mass is 487 g/mol. The van der Waals surface area contributed by atoms with E-state index in [1.807, 2.05) is 32.1 Å². The zero-order chi connectivity index (χ0) is 24.7.